The van der Waals surface area contributed by atoms with Gasteiger partial charge in [0.25, 0.3) is 18.1 Å². The molecule has 0 bridgehead atoms. The average molecular weight is 669 g/mol. The molecule has 2 aromatic heterocycles. The summed E-state index contributed by atoms with van der Waals surface area (Å²) in [5.74, 6) is -5.41. The van der Waals surface area contributed by atoms with Gasteiger partial charge in [-0.2, -0.15) is 0 Å². The quantitative estimate of drug-likeness (QED) is 0.0451. The van der Waals surface area contributed by atoms with Crippen molar-refractivity contribution in [3.63, 3.8) is 0 Å². The summed E-state index contributed by atoms with van der Waals surface area (Å²) < 4.78 is 1.71. The number of thioether (sulfide) groups is 1. The summed E-state index contributed by atoms with van der Waals surface area (Å²) in [6.07, 6.45) is 4.64. The van der Waals surface area contributed by atoms with E-state index in [1.807, 2.05) is 0 Å². The van der Waals surface area contributed by atoms with Crippen LogP contribution in [0.25, 0.3) is 0 Å². The van der Waals surface area contributed by atoms with Crippen LogP contribution in [0, 0.1) is 0 Å². The number of allylic oxidation sites excluding steroid dienone is 2. The number of nitrogen functional groups attached to an aromatic ring is 2. The van der Waals surface area contributed by atoms with Gasteiger partial charge in [0.15, 0.2) is 22.3 Å². The summed E-state index contributed by atoms with van der Waals surface area (Å²) in [4.78, 5) is 64.8. The van der Waals surface area contributed by atoms with Gasteiger partial charge in [0.1, 0.15) is 23.7 Å². The lowest BCUT2D eigenvalue weighted by Gasteiger charge is -2.50. The predicted octanol–water partition coefficient (Wildman–Crippen LogP) is -1.39. The Balaban J connectivity index is 1.34. The summed E-state index contributed by atoms with van der Waals surface area (Å²) in [5, 5.41) is 47.9. The Hall–Kier alpha value is -5.69. The molecule has 1 saturated heterocycles. The minimum absolute atomic E-state index is 0.0536. The molecular weight excluding hydrogens is 644 g/mol. The molecule has 3 atom stereocenters. The highest BCUT2D eigenvalue weighted by molar-refractivity contribution is 8.00. The number of nitrogens with one attached hydrogen (secondary N) is 1. The lowest BCUT2D eigenvalue weighted by Crippen LogP contribution is -2.71. The number of aromatic nitrogens is 3. The van der Waals surface area contributed by atoms with Gasteiger partial charge < -0.3 is 46.8 Å². The number of hydrogen-bond acceptors (Lipinski definition) is 15. The van der Waals surface area contributed by atoms with Crippen molar-refractivity contribution in [1.29, 1.82) is 0 Å². The molecule has 2 amide bonds. The van der Waals surface area contributed by atoms with E-state index in [-0.39, 0.29) is 27.8 Å². The Bertz CT molecular complexity index is 1810. The van der Waals surface area contributed by atoms with E-state index >= 15 is 0 Å². The Kier molecular flexibility index (Phi) is 9.05. The minimum Gasteiger partial charge on any atom is -0.543 e. The second-order valence-electron chi connectivity index (χ2n) is 9.69. The van der Waals surface area contributed by atoms with Crippen molar-refractivity contribution in [3.05, 3.63) is 76.8 Å². The van der Waals surface area contributed by atoms with Crippen LogP contribution in [0.5, 0.6) is 11.5 Å². The van der Waals surface area contributed by atoms with Crippen molar-refractivity contribution in [2.75, 3.05) is 17.2 Å². The van der Waals surface area contributed by atoms with E-state index in [4.69, 9.17) is 16.3 Å². The number of hydrogen-bond donors (Lipinski definition) is 6. The van der Waals surface area contributed by atoms with Crippen molar-refractivity contribution >= 4 is 63.5 Å². The number of anilines is 2. The molecule has 1 fully saturated rings. The fourth-order valence-electron chi connectivity index (χ4n) is 4.45. The molecule has 0 radical (unpaired) electrons. The number of carboxylic acid groups (broad SMARTS) is 2. The SMILES string of the molecule is Nc1cc[n+](C/C=C/C2=C(C(=O)[O-])N3C(=O)[C@@H](NC(=O)/C(=N\O[C@@H](C(=O)O)c4ccc(O)c(O)c4)c4csc(N)n4)[C@H]3SC2)cn1. The van der Waals surface area contributed by atoms with Gasteiger partial charge in [0.05, 0.1) is 17.9 Å². The number of aromatic hydroxyl groups is 2. The maximum atomic E-state index is 13.4. The van der Waals surface area contributed by atoms with Gasteiger partial charge in [-0.25, -0.2) is 14.3 Å². The molecule has 0 unspecified atom stereocenters. The highest BCUT2D eigenvalue weighted by Gasteiger charge is 2.53. The zero-order valence-electron chi connectivity index (χ0n) is 23.3. The van der Waals surface area contributed by atoms with E-state index in [0.29, 0.717) is 17.9 Å². The van der Waals surface area contributed by atoms with E-state index in [1.165, 1.54) is 29.5 Å². The number of fused-ring (bicyclic) bond motifs is 1. The number of carbonyl (C=O) groups is 4. The number of carbonyl (C=O) groups excluding carboxylic acids is 3. The Labute approximate surface area is 267 Å². The van der Waals surface area contributed by atoms with Gasteiger partial charge in [-0.05, 0) is 28.8 Å². The van der Waals surface area contributed by atoms with Crippen LogP contribution >= 0.6 is 23.1 Å². The average Bonchev–Trinajstić information content (AvgIpc) is 3.45. The van der Waals surface area contributed by atoms with Crippen LogP contribution in [0.15, 0.2) is 70.7 Å². The summed E-state index contributed by atoms with van der Waals surface area (Å²) in [5.41, 5.74) is 10.6. The zero-order valence-corrected chi connectivity index (χ0v) is 25.0. The van der Waals surface area contributed by atoms with Crippen LogP contribution in [0.3, 0.4) is 0 Å². The first-order chi connectivity index (χ1) is 21.9. The van der Waals surface area contributed by atoms with Gasteiger partial charge in [-0.15, -0.1) is 23.1 Å². The van der Waals surface area contributed by atoms with Crippen LogP contribution in [-0.2, 0) is 30.6 Å². The molecule has 5 rings (SSSR count). The highest BCUT2D eigenvalue weighted by atomic mass is 32.2. The van der Waals surface area contributed by atoms with Crippen LogP contribution in [0.1, 0.15) is 17.4 Å². The van der Waals surface area contributed by atoms with Gasteiger partial charge in [-0.3, -0.25) is 14.5 Å². The van der Waals surface area contributed by atoms with Crippen LogP contribution in [-0.4, -0.2) is 76.8 Å². The lowest BCUT2D eigenvalue weighted by molar-refractivity contribution is -0.689. The topological polar surface area (TPSA) is 271 Å². The maximum absolute atomic E-state index is 13.4. The van der Waals surface area contributed by atoms with Crippen molar-refractivity contribution in [2.45, 2.75) is 24.1 Å². The molecule has 8 N–H and O–H groups in total. The number of β-lactam (4-membered cyclic amide) rings is 1. The third-order valence-corrected chi connectivity index (χ3v) is 8.64. The molecule has 19 heteroatoms. The first-order valence-electron chi connectivity index (χ1n) is 13.1. The van der Waals surface area contributed by atoms with Crippen LogP contribution in [0.4, 0.5) is 10.9 Å². The molecule has 0 spiro atoms. The summed E-state index contributed by atoms with van der Waals surface area (Å²) in [6, 6.07) is 3.59. The van der Waals surface area contributed by atoms with E-state index in [9.17, 15) is 39.6 Å². The number of nitrogens with zero attached hydrogens (tertiary/aromatic N) is 5. The van der Waals surface area contributed by atoms with E-state index in [2.05, 4.69) is 20.4 Å². The Morgan fingerprint density at radius 2 is 2.04 bits per heavy atom. The summed E-state index contributed by atoms with van der Waals surface area (Å²) in [6.45, 7) is 0.347. The van der Waals surface area contributed by atoms with Crippen molar-refractivity contribution in [1.82, 2.24) is 20.2 Å². The molecule has 0 aliphatic carbocycles. The molecule has 3 aromatic rings. The van der Waals surface area contributed by atoms with Crippen LogP contribution < -0.4 is 26.5 Å². The largest absolute Gasteiger partial charge is 0.543 e. The number of oxime groups is 1. The first kappa shape index (κ1) is 31.7. The monoisotopic (exact) mass is 668 g/mol. The molecule has 2 aliphatic rings. The third kappa shape index (κ3) is 6.54. The van der Waals surface area contributed by atoms with Crippen molar-refractivity contribution in [2.24, 2.45) is 5.16 Å². The number of carboxylic acids is 2. The van der Waals surface area contributed by atoms with Gasteiger partial charge in [0.2, 0.25) is 11.9 Å². The molecule has 1 aromatic carbocycles. The third-order valence-electron chi connectivity index (χ3n) is 6.66. The first-order valence-corrected chi connectivity index (χ1v) is 15.0. The van der Waals surface area contributed by atoms with Gasteiger partial charge >= 0.3 is 5.97 Å². The molecule has 238 valence electrons. The van der Waals surface area contributed by atoms with Gasteiger partial charge in [0, 0.05) is 22.8 Å². The second kappa shape index (κ2) is 13.1. The number of phenols is 2. The minimum atomic E-state index is -1.82. The fourth-order valence-corrected chi connectivity index (χ4v) is 6.31. The number of aliphatic carboxylic acids is 2. The molecule has 17 nitrogen and oxygen atoms in total. The number of amides is 2. The Morgan fingerprint density at radius 3 is 2.67 bits per heavy atom. The second-order valence-corrected chi connectivity index (χ2v) is 11.7. The predicted molar refractivity (Wildman–Crippen MR) is 159 cm³/mol. The van der Waals surface area contributed by atoms with Crippen molar-refractivity contribution in [3.8, 4) is 11.5 Å². The molecule has 2 aliphatic heterocycles. The Morgan fingerprint density at radius 1 is 1.26 bits per heavy atom. The van der Waals surface area contributed by atoms with E-state index < -0.39 is 58.5 Å². The fraction of sp³-hybridized carbons (Fsp3) is 0.185. The summed E-state index contributed by atoms with van der Waals surface area (Å²) in [7, 11) is 0. The number of nitrogens with two attached hydrogens (primary N) is 2. The van der Waals surface area contributed by atoms with E-state index in [0.717, 1.165) is 28.4 Å². The molecule has 0 saturated carbocycles. The molecule has 46 heavy (non-hydrogen) atoms. The number of thiazole rings is 1. The van der Waals surface area contributed by atoms with Gasteiger partial charge in [-0.1, -0.05) is 17.3 Å². The number of rotatable bonds is 11. The smallest absolute Gasteiger partial charge is 0.352 e. The van der Waals surface area contributed by atoms with Crippen LogP contribution in [0.2, 0.25) is 0 Å². The standard InChI is InChI=1S/C27H24N8O9S2/c28-17-5-7-34(11-30-17)6-1-2-13-9-45-24-19(23(39)35(24)20(13)25(40)41)32-22(38)18(14-10-46-27(29)31-14)33-44-21(26(42)43)12-3-4-15(36)16(37)8-12/h1-5,7-8,10-11,19,21,24,28H,6,9H2,(H7,29,31,32,33,36,37,38,40,41,42,43)/b2-1+/t19-,21-,24-/m1/s1. The van der Waals surface area contributed by atoms with Crippen molar-refractivity contribution < 1.29 is 49.0 Å². The molecule has 4 heterocycles. The number of benzene rings is 1. The maximum Gasteiger partial charge on any atom is 0.352 e. The lowest BCUT2D eigenvalue weighted by atomic mass is 10.0. The number of phenolic OH excluding ortho intramolecular Hbond substituents is 2. The molecular formula is C27H24N8O9S2. The highest BCUT2D eigenvalue weighted by Crippen LogP contribution is 2.40. The van der Waals surface area contributed by atoms with E-state index in [1.54, 1.807) is 29.0 Å². The summed E-state index contributed by atoms with van der Waals surface area (Å²) >= 11 is 2.16. The normalized spacial score (nSPS) is 18.6. The zero-order chi connectivity index (χ0) is 33.1.